The van der Waals surface area contributed by atoms with E-state index in [9.17, 15) is 4.79 Å². The lowest BCUT2D eigenvalue weighted by molar-refractivity contribution is -0.119. The molecule has 0 radical (unpaired) electrons. The molecule has 1 amide bonds. The summed E-state index contributed by atoms with van der Waals surface area (Å²) in [4.78, 5) is 20.9. The van der Waals surface area contributed by atoms with Crippen molar-refractivity contribution >= 4 is 22.4 Å². The maximum atomic E-state index is 11.9. The van der Waals surface area contributed by atoms with Gasteiger partial charge in [-0.25, -0.2) is 4.98 Å². The third-order valence-corrected chi connectivity index (χ3v) is 3.53. The molecule has 0 aliphatic heterocycles. The van der Waals surface area contributed by atoms with E-state index in [0.717, 1.165) is 10.0 Å². The number of amides is 1. The topological polar surface area (TPSA) is 36.4 Å². The highest BCUT2D eigenvalue weighted by Crippen LogP contribution is 2.20. The molecule has 0 N–H and O–H groups in total. The summed E-state index contributed by atoms with van der Waals surface area (Å²) in [5.41, 5.74) is 0. The van der Waals surface area contributed by atoms with Gasteiger partial charge < -0.3 is 0 Å². The van der Waals surface area contributed by atoms with Crippen LogP contribution in [-0.4, -0.2) is 42.5 Å². The van der Waals surface area contributed by atoms with Crippen molar-refractivity contribution < 1.29 is 4.79 Å². The standard InChI is InChI=1S/C11H19N3OS/c1-8(2)13(4)7-10(15)14(5)11-12-6-9(3)16-11/h6,8H,7H2,1-5H3. The zero-order valence-corrected chi connectivity index (χ0v) is 11.3. The second kappa shape index (κ2) is 5.41. The molecule has 0 saturated heterocycles. The second-order valence-corrected chi connectivity index (χ2v) is 5.43. The van der Waals surface area contributed by atoms with Crippen molar-refractivity contribution in [2.75, 3.05) is 25.5 Å². The molecule has 0 fully saturated rings. The molecule has 16 heavy (non-hydrogen) atoms. The molecule has 0 aliphatic rings. The predicted molar refractivity (Wildman–Crippen MR) is 68.0 cm³/mol. The molecule has 1 aromatic heterocycles. The first-order valence-corrected chi connectivity index (χ1v) is 6.12. The maximum Gasteiger partial charge on any atom is 0.242 e. The molecule has 0 bridgehead atoms. The quantitative estimate of drug-likeness (QED) is 0.806. The maximum absolute atomic E-state index is 11.9. The number of rotatable bonds is 4. The van der Waals surface area contributed by atoms with Gasteiger partial charge in [0, 0.05) is 24.2 Å². The highest BCUT2D eigenvalue weighted by Gasteiger charge is 2.16. The number of thiazole rings is 1. The number of hydrogen-bond donors (Lipinski definition) is 0. The number of hydrogen-bond acceptors (Lipinski definition) is 4. The molecule has 4 nitrogen and oxygen atoms in total. The monoisotopic (exact) mass is 241 g/mol. The smallest absolute Gasteiger partial charge is 0.242 e. The van der Waals surface area contributed by atoms with Gasteiger partial charge in [0.1, 0.15) is 0 Å². The van der Waals surface area contributed by atoms with Crippen molar-refractivity contribution in [2.24, 2.45) is 0 Å². The Morgan fingerprint density at radius 1 is 1.50 bits per heavy atom. The molecular weight excluding hydrogens is 222 g/mol. The molecule has 0 saturated carbocycles. The van der Waals surface area contributed by atoms with Gasteiger partial charge in [-0.05, 0) is 27.8 Å². The van der Waals surface area contributed by atoms with Gasteiger partial charge in [0.2, 0.25) is 5.91 Å². The number of aryl methyl sites for hydroxylation is 1. The highest BCUT2D eigenvalue weighted by molar-refractivity contribution is 7.15. The molecule has 1 aromatic rings. The number of carbonyl (C=O) groups excluding carboxylic acids is 1. The number of likely N-dealkylation sites (N-methyl/N-ethyl adjacent to an activating group) is 2. The van der Waals surface area contributed by atoms with Gasteiger partial charge in [0.15, 0.2) is 5.13 Å². The SMILES string of the molecule is Cc1cnc(N(C)C(=O)CN(C)C(C)C)s1. The fourth-order valence-corrected chi connectivity index (χ4v) is 1.84. The summed E-state index contributed by atoms with van der Waals surface area (Å²) in [6, 6.07) is 0.371. The van der Waals surface area contributed by atoms with Gasteiger partial charge in [-0.2, -0.15) is 0 Å². The molecule has 0 spiro atoms. The van der Waals surface area contributed by atoms with Crippen LogP contribution in [-0.2, 0) is 4.79 Å². The fourth-order valence-electron chi connectivity index (χ4n) is 1.11. The summed E-state index contributed by atoms with van der Waals surface area (Å²) in [7, 11) is 3.72. The van der Waals surface area contributed by atoms with Crippen LogP contribution in [0.1, 0.15) is 18.7 Å². The van der Waals surface area contributed by atoms with E-state index in [1.165, 1.54) is 11.3 Å². The van der Waals surface area contributed by atoms with Crippen LogP contribution in [0.4, 0.5) is 5.13 Å². The number of aromatic nitrogens is 1. The Morgan fingerprint density at radius 3 is 2.56 bits per heavy atom. The first kappa shape index (κ1) is 13.1. The Hall–Kier alpha value is -0.940. The van der Waals surface area contributed by atoms with E-state index in [2.05, 4.69) is 18.8 Å². The van der Waals surface area contributed by atoms with Crippen LogP contribution in [0.3, 0.4) is 0 Å². The van der Waals surface area contributed by atoms with E-state index < -0.39 is 0 Å². The lowest BCUT2D eigenvalue weighted by atomic mass is 10.3. The summed E-state index contributed by atoms with van der Waals surface area (Å²) in [5.74, 6) is 0.0746. The van der Waals surface area contributed by atoms with Crippen LogP contribution in [0, 0.1) is 6.92 Å². The van der Waals surface area contributed by atoms with Crippen molar-refractivity contribution in [1.82, 2.24) is 9.88 Å². The fraction of sp³-hybridized carbons (Fsp3) is 0.636. The van der Waals surface area contributed by atoms with E-state index in [4.69, 9.17) is 0 Å². The molecule has 0 atom stereocenters. The first-order valence-electron chi connectivity index (χ1n) is 5.31. The molecule has 0 aromatic carbocycles. The highest BCUT2D eigenvalue weighted by atomic mass is 32.1. The summed E-state index contributed by atoms with van der Waals surface area (Å²) in [5, 5.41) is 0.764. The number of anilines is 1. The molecular formula is C11H19N3OS. The summed E-state index contributed by atoms with van der Waals surface area (Å²) in [6.45, 7) is 6.55. The third-order valence-electron chi connectivity index (χ3n) is 2.54. The Bertz CT molecular complexity index is 362. The van der Waals surface area contributed by atoms with Crippen LogP contribution in [0.25, 0.3) is 0 Å². The second-order valence-electron chi connectivity index (χ2n) is 4.22. The van der Waals surface area contributed by atoms with Crippen molar-refractivity contribution in [2.45, 2.75) is 26.8 Å². The first-order chi connectivity index (χ1) is 7.41. The average molecular weight is 241 g/mol. The molecule has 1 rings (SSSR count). The van der Waals surface area contributed by atoms with E-state index in [1.54, 1.807) is 18.1 Å². The van der Waals surface area contributed by atoms with Crippen molar-refractivity contribution in [3.05, 3.63) is 11.1 Å². The van der Waals surface area contributed by atoms with Gasteiger partial charge in [-0.3, -0.25) is 14.6 Å². The molecule has 1 heterocycles. The number of carbonyl (C=O) groups is 1. The Balaban J connectivity index is 2.61. The van der Waals surface area contributed by atoms with Gasteiger partial charge >= 0.3 is 0 Å². The van der Waals surface area contributed by atoms with Crippen LogP contribution in [0.5, 0.6) is 0 Å². The minimum atomic E-state index is 0.0746. The van der Waals surface area contributed by atoms with Gasteiger partial charge in [-0.1, -0.05) is 0 Å². The van der Waals surface area contributed by atoms with Crippen molar-refractivity contribution in [1.29, 1.82) is 0 Å². The minimum Gasteiger partial charge on any atom is -0.295 e. The number of nitrogens with zero attached hydrogens (tertiary/aromatic N) is 3. The van der Waals surface area contributed by atoms with E-state index in [0.29, 0.717) is 12.6 Å². The lowest BCUT2D eigenvalue weighted by Crippen LogP contribution is -2.39. The molecule has 0 aliphatic carbocycles. The molecule has 0 unspecified atom stereocenters. The third kappa shape index (κ3) is 3.28. The van der Waals surface area contributed by atoms with Crippen molar-refractivity contribution in [3.63, 3.8) is 0 Å². The Morgan fingerprint density at radius 2 is 2.12 bits per heavy atom. The average Bonchev–Trinajstić information content (AvgIpc) is 2.63. The summed E-state index contributed by atoms with van der Waals surface area (Å²) < 4.78 is 0. The van der Waals surface area contributed by atoms with Gasteiger partial charge in [-0.15, -0.1) is 11.3 Å². The van der Waals surface area contributed by atoms with Crippen LogP contribution < -0.4 is 4.90 Å². The summed E-state index contributed by atoms with van der Waals surface area (Å²) in [6.07, 6.45) is 1.79. The molecule has 90 valence electrons. The zero-order valence-electron chi connectivity index (χ0n) is 10.5. The summed E-state index contributed by atoms with van der Waals surface area (Å²) >= 11 is 1.54. The Kier molecular flexibility index (Phi) is 4.44. The zero-order chi connectivity index (χ0) is 12.3. The molecule has 5 heteroatoms. The van der Waals surface area contributed by atoms with Crippen LogP contribution >= 0.6 is 11.3 Å². The van der Waals surface area contributed by atoms with Crippen LogP contribution in [0.15, 0.2) is 6.20 Å². The minimum absolute atomic E-state index is 0.0746. The van der Waals surface area contributed by atoms with Gasteiger partial charge in [0.25, 0.3) is 0 Å². The van der Waals surface area contributed by atoms with Crippen molar-refractivity contribution in [3.8, 4) is 0 Å². The largest absolute Gasteiger partial charge is 0.295 e. The normalized spacial score (nSPS) is 11.2. The van der Waals surface area contributed by atoms with E-state index in [-0.39, 0.29) is 5.91 Å². The Labute approximate surface area is 101 Å². The lowest BCUT2D eigenvalue weighted by Gasteiger charge is -2.23. The van der Waals surface area contributed by atoms with E-state index in [1.807, 2.05) is 18.9 Å². The predicted octanol–water partition coefficient (Wildman–Crippen LogP) is 1.75. The van der Waals surface area contributed by atoms with Gasteiger partial charge in [0.05, 0.1) is 6.54 Å². The van der Waals surface area contributed by atoms with E-state index >= 15 is 0 Å². The van der Waals surface area contributed by atoms with Crippen LogP contribution in [0.2, 0.25) is 0 Å².